The summed E-state index contributed by atoms with van der Waals surface area (Å²) >= 11 is 0. The van der Waals surface area contributed by atoms with Gasteiger partial charge in [-0.25, -0.2) is 8.42 Å². The Bertz CT molecular complexity index is 515. The predicted octanol–water partition coefficient (Wildman–Crippen LogP) is 4.58. The Labute approximate surface area is 126 Å². The van der Waals surface area contributed by atoms with Gasteiger partial charge in [-0.05, 0) is 43.5 Å². The number of halogens is 1. The van der Waals surface area contributed by atoms with Crippen LogP contribution in [-0.4, -0.2) is 15.0 Å². The van der Waals surface area contributed by atoms with Crippen LogP contribution in [-0.2, 0) is 9.05 Å². The second-order valence-electron chi connectivity index (χ2n) is 5.09. The van der Waals surface area contributed by atoms with Gasteiger partial charge in [0.2, 0.25) is 0 Å². The maximum absolute atomic E-state index is 11.5. The van der Waals surface area contributed by atoms with Gasteiger partial charge in [0.25, 0.3) is 9.05 Å². The van der Waals surface area contributed by atoms with Gasteiger partial charge in [0.1, 0.15) is 5.75 Å². The average molecular weight is 319 g/mol. The Morgan fingerprint density at radius 3 is 2.10 bits per heavy atom. The summed E-state index contributed by atoms with van der Waals surface area (Å²) in [5, 5.41) is 0. The fourth-order valence-electron chi connectivity index (χ4n) is 2.27. The van der Waals surface area contributed by atoms with Gasteiger partial charge in [-0.3, -0.25) is 0 Å². The van der Waals surface area contributed by atoms with Crippen LogP contribution in [0.25, 0.3) is 0 Å². The Hall–Kier alpha value is -0.740. The van der Waals surface area contributed by atoms with Gasteiger partial charge in [-0.1, -0.05) is 32.6 Å². The minimum Gasteiger partial charge on any atom is -0.494 e. The smallest absolute Gasteiger partial charge is 0.261 e. The van der Waals surface area contributed by atoms with Crippen LogP contribution in [0.4, 0.5) is 0 Å². The number of benzene rings is 1. The zero-order valence-corrected chi connectivity index (χ0v) is 14.0. The van der Waals surface area contributed by atoms with Gasteiger partial charge in [-0.15, -0.1) is 0 Å². The number of rotatable bonds is 8. The first kappa shape index (κ1) is 17.3. The zero-order valence-electron chi connectivity index (χ0n) is 12.4. The van der Waals surface area contributed by atoms with Crippen molar-refractivity contribution in [2.24, 2.45) is 0 Å². The Morgan fingerprint density at radius 2 is 1.60 bits per heavy atom. The second-order valence-corrected chi connectivity index (χ2v) is 7.59. The summed E-state index contributed by atoms with van der Waals surface area (Å²) in [4.78, 5) is 0.189. The van der Waals surface area contributed by atoms with Gasteiger partial charge < -0.3 is 4.74 Å². The lowest BCUT2D eigenvalue weighted by Crippen LogP contribution is -2.02. The third-order valence-corrected chi connectivity index (χ3v) is 4.79. The van der Waals surface area contributed by atoms with Crippen LogP contribution in [0.15, 0.2) is 17.0 Å². The molecule has 1 aromatic rings. The van der Waals surface area contributed by atoms with E-state index in [1.165, 1.54) is 25.7 Å². The van der Waals surface area contributed by atoms with Gasteiger partial charge >= 0.3 is 0 Å². The van der Waals surface area contributed by atoms with Gasteiger partial charge in [0.15, 0.2) is 0 Å². The molecule has 1 rings (SSSR count). The summed E-state index contributed by atoms with van der Waals surface area (Å²) < 4.78 is 28.6. The quantitative estimate of drug-likeness (QED) is 0.520. The van der Waals surface area contributed by atoms with Gasteiger partial charge in [0, 0.05) is 10.7 Å². The molecule has 0 amide bonds. The summed E-state index contributed by atoms with van der Waals surface area (Å²) in [5.74, 6) is 0.708. The highest BCUT2D eigenvalue weighted by atomic mass is 35.7. The molecule has 0 spiro atoms. The molecular formula is C15H23ClO3S. The van der Waals surface area contributed by atoms with E-state index in [0.717, 1.165) is 6.42 Å². The lowest BCUT2D eigenvalue weighted by Gasteiger charge is -2.11. The minimum absolute atomic E-state index is 0.189. The average Bonchev–Trinajstić information content (AvgIpc) is 2.31. The molecule has 0 bridgehead atoms. The highest BCUT2D eigenvalue weighted by molar-refractivity contribution is 8.13. The first-order chi connectivity index (χ1) is 9.36. The van der Waals surface area contributed by atoms with Crippen molar-refractivity contribution in [3.8, 4) is 5.75 Å². The summed E-state index contributed by atoms with van der Waals surface area (Å²) in [6.07, 6.45) is 5.92. The maximum Gasteiger partial charge on any atom is 0.261 e. The van der Waals surface area contributed by atoms with Crippen molar-refractivity contribution in [1.29, 1.82) is 0 Å². The van der Waals surface area contributed by atoms with Crippen LogP contribution < -0.4 is 4.74 Å². The summed E-state index contributed by atoms with van der Waals surface area (Å²) in [7, 11) is 1.73. The molecule has 0 aliphatic carbocycles. The Morgan fingerprint density at radius 1 is 1.05 bits per heavy atom. The lowest BCUT2D eigenvalue weighted by atomic mass is 10.1. The summed E-state index contributed by atoms with van der Waals surface area (Å²) in [6, 6.07) is 3.46. The molecule has 0 N–H and O–H groups in total. The molecule has 0 aliphatic rings. The molecule has 0 saturated heterocycles. The van der Waals surface area contributed by atoms with E-state index in [-0.39, 0.29) is 4.90 Å². The van der Waals surface area contributed by atoms with Crippen LogP contribution >= 0.6 is 10.7 Å². The molecule has 3 nitrogen and oxygen atoms in total. The topological polar surface area (TPSA) is 43.4 Å². The molecule has 0 saturated carbocycles. The first-order valence-electron chi connectivity index (χ1n) is 7.05. The first-order valence-corrected chi connectivity index (χ1v) is 9.36. The van der Waals surface area contributed by atoms with Gasteiger partial charge in [-0.2, -0.15) is 0 Å². The van der Waals surface area contributed by atoms with Crippen LogP contribution in [0.1, 0.15) is 50.2 Å². The number of ether oxygens (including phenoxy) is 1. The fourth-order valence-corrected chi connectivity index (χ4v) is 3.89. The number of hydrogen-bond donors (Lipinski definition) is 0. The van der Waals surface area contributed by atoms with Crippen molar-refractivity contribution in [2.75, 3.05) is 6.61 Å². The minimum atomic E-state index is -3.70. The number of hydrogen-bond acceptors (Lipinski definition) is 3. The molecule has 0 fully saturated rings. The van der Waals surface area contributed by atoms with E-state index in [4.69, 9.17) is 15.4 Å². The monoisotopic (exact) mass is 318 g/mol. The van der Waals surface area contributed by atoms with Crippen LogP contribution in [0, 0.1) is 13.8 Å². The predicted molar refractivity (Wildman–Crippen MR) is 83.2 cm³/mol. The fraction of sp³-hybridized carbons (Fsp3) is 0.600. The highest BCUT2D eigenvalue weighted by Crippen LogP contribution is 2.28. The van der Waals surface area contributed by atoms with Crippen LogP contribution in [0.3, 0.4) is 0 Å². The molecule has 0 heterocycles. The molecule has 20 heavy (non-hydrogen) atoms. The highest BCUT2D eigenvalue weighted by Gasteiger charge is 2.17. The van der Waals surface area contributed by atoms with Crippen molar-refractivity contribution in [3.05, 3.63) is 23.3 Å². The zero-order chi connectivity index (χ0) is 15.2. The van der Waals surface area contributed by atoms with Crippen molar-refractivity contribution in [2.45, 2.75) is 57.8 Å². The molecule has 5 heteroatoms. The Balaban J connectivity index is 2.62. The van der Waals surface area contributed by atoms with E-state index >= 15 is 0 Å². The largest absolute Gasteiger partial charge is 0.494 e. The third-order valence-electron chi connectivity index (χ3n) is 3.19. The molecule has 1 aromatic carbocycles. The second kappa shape index (κ2) is 7.89. The standard InChI is InChI=1S/C15H23ClO3S/c1-4-5-6-7-8-9-19-14-10-12(2)15(13(3)11-14)20(16,17)18/h10-11H,4-9H2,1-3H3. The molecule has 0 unspecified atom stereocenters. The van der Waals surface area contributed by atoms with E-state index in [1.807, 2.05) is 0 Å². The lowest BCUT2D eigenvalue weighted by molar-refractivity contribution is 0.304. The summed E-state index contributed by atoms with van der Waals surface area (Å²) in [5.41, 5.74) is 1.25. The maximum atomic E-state index is 11.5. The third kappa shape index (κ3) is 5.33. The molecule has 0 aliphatic heterocycles. The molecule has 114 valence electrons. The van der Waals surface area contributed by atoms with E-state index in [2.05, 4.69) is 6.92 Å². The van der Waals surface area contributed by atoms with E-state index < -0.39 is 9.05 Å². The SMILES string of the molecule is CCCCCCCOc1cc(C)c(S(=O)(=O)Cl)c(C)c1. The van der Waals surface area contributed by atoms with Crippen molar-refractivity contribution < 1.29 is 13.2 Å². The Kier molecular flexibility index (Phi) is 6.83. The molecule has 0 atom stereocenters. The van der Waals surface area contributed by atoms with E-state index in [0.29, 0.717) is 23.5 Å². The van der Waals surface area contributed by atoms with Crippen molar-refractivity contribution in [1.82, 2.24) is 0 Å². The van der Waals surface area contributed by atoms with Crippen LogP contribution in [0.2, 0.25) is 0 Å². The molecule has 0 aromatic heterocycles. The van der Waals surface area contributed by atoms with Crippen LogP contribution in [0.5, 0.6) is 5.75 Å². The number of aryl methyl sites for hydroxylation is 2. The number of unbranched alkanes of at least 4 members (excludes halogenated alkanes) is 4. The van der Waals surface area contributed by atoms with E-state index in [1.54, 1.807) is 26.0 Å². The van der Waals surface area contributed by atoms with Crippen molar-refractivity contribution >= 4 is 19.7 Å². The normalized spacial score (nSPS) is 11.6. The molecular weight excluding hydrogens is 296 g/mol. The van der Waals surface area contributed by atoms with Crippen molar-refractivity contribution in [3.63, 3.8) is 0 Å². The van der Waals surface area contributed by atoms with E-state index in [9.17, 15) is 8.42 Å². The molecule has 0 radical (unpaired) electrons. The van der Waals surface area contributed by atoms with Gasteiger partial charge in [0.05, 0.1) is 11.5 Å². The summed E-state index contributed by atoms with van der Waals surface area (Å²) in [6.45, 7) is 6.32.